The topological polar surface area (TPSA) is 71.8 Å². The quantitative estimate of drug-likeness (QED) is 0.573. The van der Waals surface area contributed by atoms with Gasteiger partial charge in [0.05, 0.1) is 26.4 Å². The molecule has 1 aliphatic heterocycles. The zero-order valence-corrected chi connectivity index (χ0v) is 13.8. The first-order valence-corrected chi connectivity index (χ1v) is 10.2. The number of likely N-dealkylation sites (tertiary alicyclic amines) is 1. The number of hydrogen-bond acceptors (Lipinski definition) is 5. The lowest BCUT2D eigenvalue weighted by Gasteiger charge is -2.36. The molecule has 1 saturated heterocycles. The third kappa shape index (κ3) is 5.11. The van der Waals surface area contributed by atoms with Gasteiger partial charge in [-0.2, -0.15) is 5.26 Å². The summed E-state index contributed by atoms with van der Waals surface area (Å²) in [7, 11) is -0.182. The second-order valence-corrected chi connectivity index (χ2v) is 10.4. The van der Waals surface area contributed by atoms with Gasteiger partial charge in [-0.1, -0.05) is 0 Å². The van der Waals surface area contributed by atoms with Crippen molar-refractivity contribution in [1.29, 1.82) is 5.26 Å². The van der Waals surface area contributed by atoms with E-state index in [1.54, 1.807) is 4.90 Å². The van der Waals surface area contributed by atoms with Crippen molar-refractivity contribution in [3.05, 3.63) is 0 Å². The van der Waals surface area contributed by atoms with E-state index in [0.29, 0.717) is 39.1 Å². The number of amides is 1. The van der Waals surface area contributed by atoms with Crippen molar-refractivity contribution in [2.45, 2.75) is 38.1 Å². The van der Waals surface area contributed by atoms with Crippen molar-refractivity contribution in [2.75, 3.05) is 33.4 Å². The lowest BCUT2D eigenvalue weighted by molar-refractivity contribution is -0.0511. The van der Waals surface area contributed by atoms with Gasteiger partial charge in [-0.3, -0.25) is 0 Å². The number of piperidine rings is 1. The van der Waals surface area contributed by atoms with E-state index in [1.165, 1.54) is 7.11 Å². The highest BCUT2D eigenvalue weighted by molar-refractivity contribution is 6.69. The Morgan fingerprint density at radius 1 is 1.30 bits per heavy atom. The lowest BCUT2D eigenvalue weighted by Crippen LogP contribution is -2.47. The summed E-state index contributed by atoms with van der Waals surface area (Å²) in [6.45, 7) is 8.23. The minimum Gasteiger partial charge on any atom is -0.453 e. The number of hydrogen-bond donors (Lipinski definition) is 0. The Morgan fingerprint density at radius 2 is 1.90 bits per heavy atom. The van der Waals surface area contributed by atoms with E-state index in [9.17, 15) is 10.1 Å². The molecule has 0 N–H and O–H groups in total. The SMILES string of the molecule is COC(=O)N1CCC(C#N)(OCCO[Si](C)(C)C)CC1. The highest BCUT2D eigenvalue weighted by Crippen LogP contribution is 2.26. The van der Waals surface area contributed by atoms with Gasteiger partial charge >= 0.3 is 6.09 Å². The number of ether oxygens (including phenoxy) is 2. The lowest BCUT2D eigenvalue weighted by atomic mass is 9.93. The van der Waals surface area contributed by atoms with Gasteiger partial charge in [0.2, 0.25) is 0 Å². The second kappa shape index (κ2) is 7.06. The van der Waals surface area contributed by atoms with Crippen LogP contribution < -0.4 is 0 Å². The van der Waals surface area contributed by atoms with Crippen LogP contribution in [-0.4, -0.2) is 58.3 Å². The molecule has 0 aromatic carbocycles. The third-order valence-corrected chi connectivity index (χ3v) is 4.27. The minimum absolute atomic E-state index is 0.349. The normalized spacial score (nSPS) is 18.4. The van der Waals surface area contributed by atoms with Crippen LogP contribution in [0, 0.1) is 11.3 Å². The van der Waals surface area contributed by atoms with Crippen LogP contribution in [-0.2, 0) is 13.9 Å². The Kier molecular flexibility index (Phi) is 5.99. The number of methoxy groups -OCH3 is 1. The molecule has 0 unspecified atom stereocenters. The van der Waals surface area contributed by atoms with Crippen LogP contribution in [0.1, 0.15) is 12.8 Å². The van der Waals surface area contributed by atoms with Gasteiger partial charge in [-0.25, -0.2) is 4.79 Å². The first kappa shape index (κ1) is 16.9. The Bertz CT molecular complexity index is 368. The Labute approximate surface area is 121 Å². The summed E-state index contributed by atoms with van der Waals surface area (Å²) < 4.78 is 16.1. The average Bonchev–Trinajstić information content (AvgIpc) is 2.42. The summed E-state index contributed by atoms with van der Waals surface area (Å²) >= 11 is 0. The van der Waals surface area contributed by atoms with Gasteiger partial charge in [0.1, 0.15) is 0 Å². The first-order valence-electron chi connectivity index (χ1n) is 6.84. The smallest absolute Gasteiger partial charge is 0.409 e. The minimum atomic E-state index is -1.54. The first-order chi connectivity index (χ1) is 9.32. The van der Waals surface area contributed by atoms with Gasteiger partial charge in [0.25, 0.3) is 0 Å². The molecule has 0 aliphatic carbocycles. The summed E-state index contributed by atoms with van der Waals surface area (Å²) in [4.78, 5) is 13.0. The summed E-state index contributed by atoms with van der Waals surface area (Å²) in [5.74, 6) is 0. The summed E-state index contributed by atoms with van der Waals surface area (Å²) in [6.07, 6.45) is 0.662. The van der Waals surface area contributed by atoms with E-state index in [1.807, 2.05) is 0 Å². The zero-order valence-electron chi connectivity index (χ0n) is 12.8. The highest BCUT2D eigenvalue weighted by Gasteiger charge is 2.37. The molecular formula is C13H24N2O4Si. The largest absolute Gasteiger partial charge is 0.453 e. The van der Waals surface area contributed by atoms with E-state index < -0.39 is 13.9 Å². The summed E-state index contributed by atoms with van der Waals surface area (Å²) in [6, 6.07) is 2.25. The molecule has 0 spiro atoms. The average molecular weight is 300 g/mol. The van der Waals surface area contributed by atoms with Gasteiger partial charge in [-0.15, -0.1) is 0 Å². The number of carbonyl (C=O) groups is 1. The predicted molar refractivity (Wildman–Crippen MR) is 76.8 cm³/mol. The third-order valence-electron chi connectivity index (χ3n) is 3.20. The van der Waals surface area contributed by atoms with Crippen molar-refractivity contribution in [3.8, 4) is 6.07 Å². The fraction of sp³-hybridized carbons (Fsp3) is 0.846. The molecule has 1 amide bonds. The summed E-state index contributed by atoms with van der Waals surface area (Å²) in [5.41, 5.74) is -0.798. The molecule has 0 aromatic rings. The Morgan fingerprint density at radius 3 is 2.35 bits per heavy atom. The highest BCUT2D eigenvalue weighted by atomic mass is 28.4. The maximum atomic E-state index is 11.4. The molecule has 0 saturated carbocycles. The van der Waals surface area contributed by atoms with Crippen LogP contribution in [0.4, 0.5) is 4.79 Å². The number of nitrogens with zero attached hydrogens (tertiary/aromatic N) is 2. The Hall–Kier alpha value is -1.10. The number of rotatable bonds is 5. The van der Waals surface area contributed by atoms with Crippen LogP contribution in [0.3, 0.4) is 0 Å². The molecule has 114 valence electrons. The van der Waals surface area contributed by atoms with Crippen LogP contribution in [0.15, 0.2) is 0 Å². The van der Waals surface area contributed by atoms with E-state index in [-0.39, 0.29) is 6.09 Å². The van der Waals surface area contributed by atoms with Crippen molar-refractivity contribution >= 4 is 14.4 Å². The summed E-state index contributed by atoms with van der Waals surface area (Å²) in [5, 5.41) is 9.34. The molecule has 0 radical (unpaired) electrons. The molecule has 1 heterocycles. The molecule has 7 heteroatoms. The monoisotopic (exact) mass is 300 g/mol. The maximum Gasteiger partial charge on any atom is 0.409 e. The number of nitriles is 1. The van der Waals surface area contributed by atoms with Crippen molar-refractivity contribution in [1.82, 2.24) is 4.90 Å². The second-order valence-electron chi connectivity index (χ2n) is 5.87. The fourth-order valence-corrected chi connectivity index (χ4v) is 2.75. The van der Waals surface area contributed by atoms with Crippen molar-refractivity contribution in [2.24, 2.45) is 0 Å². The van der Waals surface area contributed by atoms with Gasteiger partial charge in [-0.05, 0) is 19.6 Å². The van der Waals surface area contributed by atoms with Gasteiger partial charge < -0.3 is 18.8 Å². The molecular weight excluding hydrogens is 276 g/mol. The van der Waals surface area contributed by atoms with E-state index in [4.69, 9.17) is 9.16 Å². The molecule has 1 aliphatic rings. The van der Waals surface area contributed by atoms with Crippen LogP contribution in [0.25, 0.3) is 0 Å². The molecule has 6 nitrogen and oxygen atoms in total. The van der Waals surface area contributed by atoms with Gasteiger partial charge in [0.15, 0.2) is 13.9 Å². The fourth-order valence-electron chi connectivity index (χ4n) is 2.05. The van der Waals surface area contributed by atoms with Crippen LogP contribution in [0.5, 0.6) is 0 Å². The van der Waals surface area contributed by atoms with Crippen molar-refractivity contribution < 1.29 is 18.7 Å². The maximum absolute atomic E-state index is 11.4. The van der Waals surface area contributed by atoms with E-state index in [2.05, 4.69) is 30.4 Å². The molecule has 0 bridgehead atoms. The molecule has 0 aromatic heterocycles. The molecule has 1 rings (SSSR count). The van der Waals surface area contributed by atoms with Gasteiger partial charge in [0, 0.05) is 25.9 Å². The number of carbonyl (C=O) groups excluding carboxylic acids is 1. The zero-order chi connectivity index (χ0) is 15.2. The van der Waals surface area contributed by atoms with Crippen LogP contribution in [0.2, 0.25) is 19.6 Å². The molecule has 0 atom stereocenters. The standard InChI is InChI=1S/C13H24N2O4Si/c1-17-12(16)15-7-5-13(11-14,6-8-15)18-9-10-19-20(2,3)4/h5-10H2,1-4H3. The Balaban J connectivity index is 2.39. The van der Waals surface area contributed by atoms with Crippen molar-refractivity contribution in [3.63, 3.8) is 0 Å². The van der Waals surface area contributed by atoms with E-state index >= 15 is 0 Å². The van der Waals surface area contributed by atoms with Crippen LogP contribution >= 0.6 is 0 Å². The molecule has 1 fully saturated rings. The molecule has 20 heavy (non-hydrogen) atoms. The predicted octanol–water partition coefficient (Wildman–Crippen LogP) is 1.98. The van der Waals surface area contributed by atoms with E-state index in [0.717, 1.165) is 0 Å².